The molecule has 0 aliphatic carbocycles. The van der Waals surface area contributed by atoms with Gasteiger partial charge in [-0.15, -0.1) is 0 Å². The van der Waals surface area contributed by atoms with Crippen LogP contribution >= 0.6 is 0 Å². The maximum Gasteiger partial charge on any atom is 0.336 e. The average Bonchev–Trinajstić information content (AvgIpc) is 3.31. The summed E-state index contributed by atoms with van der Waals surface area (Å²) in [7, 11) is 0. The van der Waals surface area contributed by atoms with Crippen molar-refractivity contribution in [2.45, 2.75) is 6.92 Å². The van der Waals surface area contributed by atoms with Crippen LogP contribution < -0.4 is 0 Å². The Labute approximate surface area is 361 Å². The maximum atomic E-state index is 15.1. The zero-order chi connectivity index (χ0) is 43.4. The lowest BCUT2D eigenvalue weighted by Crippen LogP contribution is -2.09. The number of carboxylic acid groups (broad SMARTS) is 2. The van der Waals surface area contributed by atoms with Gasteiger partial charge in [0, 0.05) is 43.8 Å². The van der Waals surface area contributed by atoms with Crippen molar-refractivity contribution in [2.75, 3.05) is 0 Å². The van der Waals surface area contributed by atoms with Gasteiger partial charge in [0.05, 0.1) is 11.1 Å². The van der Waals surface area contributed by atoms with Crippen LogP contribution in [0.3, 0.4) is 0 Å². The minimum absolute atomic E-state index is 0.0340. The van der Waals surface area contributed by atoms with E-state index in [0.717, 1.165) is 59.4 Å². The molecule has 0 saturated heterocycles. The fourth-order valence-corrected chi connectivity index (χ4v) is 11.0. The summed E-state index contributed by atoms with van der Waals surface area (Å²) in [6.45, 7) is 2.07. The highest BCUT2D eigenvalue weighted by Crippen LogP contribution is 2.47. The molecular weight excluding hydrogens is 797 g/mol. The molecule has 13 aromatic rings. The molecule has 0 radical (unpaired) electrons. The number of hydrogen-bond donors (Lipinski definition) is 3. The van der Waals surface area contributed by atoms with Crippen LogP contribution in [0.25, 0.3) is 108 Å². The van der Waals surface area contributed by atoms with E-state index in [4.69, 9.17) is 0 Å². The number of phenols is 1. The molecule has 13 aromatic carbocycles. The molecule has 0 unspecified atom stereocenters. The van der Waals surface area contributed by atoms with E-state index in [1.54, 1.807) is 42.5 Å². The van der Waals surface area contributed by atoms with Crippen molar-refractivity contribution in [1.82, 2.24) is 0 Å². The summed E-state index contributed by atoms with van der Waals surface area (Å²) < 4.78 is 0. The Morgan fingerprint density at radius 2 is 0.609 bits per heavy atom. The minimum Gasteiger partial charge on any atom is -0.507 e. The van der Waals surface area contributed by atoms with Crippen molar-refractivity contribution in [3.63, 3.8) is 0 Å². The van der Waals surface area contributed by atoms with Gasteiger partial charge < -0.3 is 15.3 Å². The Morgan fingerprint density at radius 1 is 0.297 bits per heavy atom. The first-order valence-corrected chi connectivity index (χ1v) is 20.9. The molecule has 0 aliphatic heterocycles. The van der Waals surface area contributed by atoms with Crippen molar-refractivity contribution in [2.24, 2.45) is 0 Å². The van der Waals surface area contributed by atoms with Gasteiger partial charge in [0.25, 0.3) is 0 Å². The molecule has 0 aliphatic rings. The van der Waals surface area contributed by atoms with E-state index in [0.29, 0.717) is 54.2 Å². The van der Waals surface area contributed by atoms with Crippen LogP contribution in [-0.4, -0.2) is 38.8 Å². The van der Waals surface area contributed by atoms with E-state index < -0.39 is 11.9 Å². The van der Waals surface area contributed by atoms with Gasteiger partial charge in [-0.25, -0.2) is 9.59 Å². The number of aromatic hydroxyl groups is 1. The van der Waals surface area contributed by atoms with Crippen molar-refractivity contribution in [1.29, 1.82) is 0 Å². The molecule has 13 rings (SSSR count). The number of benzene rings is 13. The number of carbonyl (C=O) groups is 4. The molecule has 0 atom stereocenters. The quantitative estimate of drug-likeness (QED) is 0.0865. The maximum absolute atomic E-state index is 15.1. The Bertz CT molecular complexity index is 4010. The second kappa shape index (κ2) is 12.5. The van der Waals surface area contributed by atoms with Gasteiger partial charge >= 0.3 is 11.9 Å². The fourth-order valence-electron chi connectivity index (χ4n) is 11.0. The molecule has 0 bridgehead atoms. The van der Waals surface area contributed by atoms with Crippen LogP contribution in [0.1, 0.15) is 58.1 Å². The van der Waals surface area contributed by atoms with Gasteiger partial charge in [0.2, 0.25) is 0 Å². The molecule has 7 heteroatoms. The standard InChI is InChI=1S/C57H30O7/c1-26-2-3-27-5-12-36-38(14-7-28-4-11-31(26)46(27)47(28)36)54(59)41-21-17-32-35-20-24-44(57(63)64)53-42(22-18-33(51(35)53)34-19-23-43(56(61)62)52(41)50(32)34)55(60)39-15-8-29-9-16-40-45(58)25-10-30-6-13-37(39)48(29)49(30)40/h2-25,58H,1H3,(H,61,62)(H,63,64). The van der Waals surface area contributed by atoms with Crippen LogP contribution in [0.2, 0.25) is 0 Å². The predicted molar refractivity (Wildman–Crippen MR) is 255 cm³/mol. The molecule has 0 fully saturated rings. The number of carboxylic acids is 2. The lowest BCUT2D eigenvalue weighted by atomic mass is 9.82. The van der Waals surface area contributed by atoms with E-state index in [1.165, 1.54) is 12.1 Å². The first-order valence-electron chi connectivity index (χ1n) is 20.9. The van der Waals surface area contributed by atoms with Gasteiger partial charge in [-0.05, 0) is 141 Å². The van der Waals surface area contributed by atoms with Gasteiger partial charge in [-0.2, -0.15) is 0 Å². The largest absolute Gasteiger partial charge is 0.507 e. The van der Waals surface area contributed by atoms with Crippen molar-refractivity contribution in [3.8, 4) is 5.75 Å². The molecule has 3 N–H and O–H groups in total. The zero-order valence-electron chi connectivity index (χ0n) is 33.8. The second-order valence-corrected chi connectivity index (χ2v) is 16.9. The lowest BCUT2D eigenvalue weighted by molar-refractivity contribution is 0.0688. The highest BCUT2D eigenvalue weighted by Gasteiger charge is 2.28. The molecule has 64 heavy (non-hydrogen) atoms. The number of rotatable bonds is 6. The Balaban J connectivity index is 1.07. The van der Waals surface area contributed by atoms with Crippen LogP contribution in [0.15, 0.2) is 146 Å². The van der Waals surface area contributed by atoms with E-state index in [1.807, 2.05) is 66.7 Å². The van der Waals surface area contributed by atoms with Crippen LogP contribution in [-0.2, 0) is 0 Å². The van der Waals surface area contributed by atoms with Crippen molar-refractivity contribution >= 4 is 131 Å². The summed E-state index contributed by atoms with van der Waals surface area (Å²) in [4.78, 5) is 56.4. The van der Waals surface area contributed by atoms with Gasteiger partial charge in [0.15, 0.2) is 11.6 Å². The number of aryl methyl sites for hydroxylation is 1. The summed E-state index contributed by atoms with van der Waals surface area (Å²) in [6.07, 6.45) is 0. The molecule has 7 nitrogen and oxygen atoms in total. The highest BCUT2D eigenvalue weighted by atomic mass is 16.4. The normalized spacial score (nSPS) is 12.3. The molecular formula is C57H30O7. The summed E-state index contributed by atoms with van der Waals surface area (Å²) in [6, 6.07) is 44.3. The van der Waals surface area contributed by atoms with Gasteiger partial charge in [-0.1, -0.05) is 103 Å². The predicted octanol–water partition coefficient (Wildman–Crippen LogP) is 13.4. The molecule has 0 spiro atoms. The van der Waals surface area contributed by atoms with Gasteiger partial charge in [-0.3, -0.25) is 9.59 Å². The monoisotopic (exact) mass is 826 g/mol. The number of ketones is 2. The summed E-state index contributed by atoms with van der Waals surface area (Å²) in [5.74, 6) is -2.94. The minimum atomic E-state index is -1.20. The van der Waals surface area contributed by atoms with E-state index in [-0.39, 0.29) is 50.3 Å². The van der Waals surface area contributed by atoms with E-state index in [9.17, 15) is 24.9 Å². The number of hydrogen-bond acceptors (Lipinski definition) is 5. The number of phenolic OH excluding ortho intramolecular Hbond substituents is 1. The summed E-state index contributed by atoms with van der Waals surface area (Å²) in [5.41, 5.74) is 2.32. The fraction of sp³-hybridized carbons (Fsp3) is 0.0175. The van der Waals surface area contributed by atoms with Crippen molar-refractivity contribution in [3.05, 3.63) is 185 Å². The zero-order valence-corrected chi connectivity index (χ0v) is 33.8. The van der Waals surface area contributed by atoms with E-state index >= 15 is 9.59 Å². The number of carbonyl (C=O) groups excluding carboxylic acids is 2. The lowest BCUT2D eigenvalue weighted by Gasteiger charge is -2.20. The third kappa shape index (κ3) is 4.54. The average molecular weight is 827 g/mol. The highest BCUT2D eigenvalue weighted by molar-refractivity contribution is 6.41. The van der Waals surface area contributed by atoms with Crippen LogP contribution in [0, 0.1) is 6.92 Å². The molecule has 0 amide bonds. The molecule has 300 valence electrons. The topological polar surface area (TPSA) is 129 Å². The third-order valence-electron chi connectivity index (χ3n) is 13.9. The molecule has 0 saturated carbocycles. The van der Waals surface area contributed by atoms with Gasteiger partial charge in [0.1, 0.15) is 5.75 Å². The molecule has 0 aromatic heterocycles. The molecule has 0 heterocycles. The summed E-state index contributed by atoms with van der Waals surface area (Å²) in [5, 5.41) is 47.2. The smallest absolute Gasteiger partial charge is 0.336 e. The Kier molecular flexibility index (Phi) is 7.01. The number of aromatic carboxylic acids is 2. The van der Waals surface area contributed by atoms with E-state index in [2.05, 4.69) is 31.2 Å². The van der Waals surface area contributed by atoms with Crippen molar-refractivity contribution < 1.29 is 34.5 Å². The second-order valence-electron chi connectivity index (χ2n) is 16.9. The third-order valence-corrected chi connectivity index (χ3v) is 13.9. The van der Waals surface area contributed by atoms with Crippen LogP contribution in [0.5, 0.6) is 5.75 Å². The Hall–Kier alpha value is -8.68. The van der Waals surface area contributed by atoms with Crippen LogP contribution in [0.4, 0.5) is 0 Å². The number of fused-ring (bicyclic) bond motifs is 2. The summed E-state index contributed by atoms with van der Waals surface area (Å²) >= 11 is 0. The Morgan fingerprint density at radius 3 is 1.06 bits per heavy atom. The first kappa shape index (κ1) is 36.0. The first-order chi connectivity index (χ1) is 31.1. The SMILES string of the molecule is Cc1ccc2ccc3c(C(=O)c4ccc5c6ccc(C(=O)O)c7c(C(=O)c8ccc9ccc%10c(O)ccc%11ccc8c9c%11%10)ccc(c8ccc(C(=O)O)c4c58)c76)ccc4ccc1c2c43.